The van der Waals surface area contributed by atoms with E-state index in [0.717, 1.165) is 0 Å². The zero-order chi connectivity index (χ0) is 17.7. The molecule has 8 nitrogen and oxygen atoms in total. The van der Waals surface area contributed by atoms with Crippen LogP contribution in [0.25, 0.3) is 0 Å². The predicted molar refractivity (Wildman–Crippen MR) is 90.1 cm³/mol. The number of ether oxygens (including phenoxy) is 2. The zero-order valence-corrected chi connectivity index (χ0v) is 16.1. The van der Waals surface area contributed by atoms with Gasteiger partial charge in [0.05, 0.1) is 0 Å². The molecular formula is C14H12N2O6Se2. The summed E-state index contributed by atoms with van der Waals surface area (Å²) in [6, 6.07) is 9.35. The molecule has 0 aliphatic heterocycles. The molecule has 0 amide bonds. The first kappa shape index (κ1) is 18.2. The van der Waals surface area contributed by atoms with Crippen LogP contribution in [-0.4, -0.2) is 50.3 Å². The molecule has 0 aromatic heterocycles. The molecule has 24 heavy (non-hydrogen) atoms. The summed E-state index contributed by atoms with van der Waals surface area (Å²) >= 11 is -0.554. The summed E-state index contributed by atoms with van der Waals surface area (Å²) in [5, 5.41) is 22.4. The summed E-state index contributed by atoms with van der Waals surface area (Å²) in [4.78, 5) is 21.5. The molecule has 2 aromatic rings. The van der Waals surface area contributed by atoms with Crippen LogP contribution in [0.2, 0.25) is 0 Å². The Balaban J connectivity index is 2.28. The van der Waals surface area contributed by atoms with Crippen molar-refractivity contribution in [1.82, 2.24) is 0 Å². The Morgan fingerprint density at radius 3 is 1.46 bits per heavy atom. The number of nitro benzene ring substituents is 2. The average Bonchev–Trinajstić information content (AvgIpc) is 2.59. The van der Waals surface area contributed by atoms with Crippen LogP contribution in [0, 0.1) is 20.2 Å². The van der Waals surface area contributed by atoms with Crippen LogP contribution in [0.15, 0.2) is 36.4 Å². The Kier molecular flexibility index (Phi) is 6.16. The van der Waals surface area contributed by atoms with Gasteiger partial charge in [-0.3, -0.25) is 0 Å². The van der Waals surface area contributed by atoms with Gasteiger partial charge in [-0.2, -0.15) is 0 Å². The van der Waals surface area contributed by atoms with Crippen molar-refractivity contribution in [2.45, 2.75) is 0 Å². The SMILES string of the molecule is COc1ccc([Se][Se]c2ccc(OC)cc2[N+](=O)[O-])c([N+](=O)[O-])c1. The van der Waals surface area contributed by atoms with Crippen molar-refractivity contribution >= 4 is 46.6 Å². The van der Waals surface area contributed by atoms with E-state index in [4.69, 9.17) is 9.47 Å². The molecule has 0 spiro atoms. The summed E-state index contributed by atoms with van der Waals surface area (Å²) in [7, 11) is 2.88. The van der Waals surface area contributed by atoms with E-state index < -0.39 is 9.85 Å². The number of methoxy groups -OCH3 is 2. The molecule has 0 aliphatic carbocycles. The van der Waals surface area contributed by atoms with Crippen molar-refractivity contribution in [2.75, 3.05) is 14.2 Å². The second-order valence-electron chi connectivity index (χ2n) is 4.35. The van der Waals surface area contributed by atoms with Crippen molar-refractivity contribution in [1.29, 1.82) is 0 Å². The summed E-state index contributed by atoms with van der Waals surface area (Å²) in [6.07, 6.45) is 0. The van der Waals surface area contributed by atoms with Gasteiger partial charge in [0, 0.05) is 0 Å². The van der Waals surface area contributed by atoms with Crippen LogP contribution in [-0.2, 0) is 0 Å². The predicted octanol–water partition coefficient (Wildman–Crippen LogP) is 0.794. The summed E-state index contributed by atoms with van der Waals surface area (Å²) in [5.41, 5.74) is -0.0419. The molecule has 126 valence electrons. The quantitative estimate of drug-likeness (QED) is 0.343. The molecule has 10 heteroatoms. The van der Waals surface area contributed by atoms with E-state index in [-0.39, 0.29) is 37.6 Å². The Morgan fingerprint density at radius 2 is 1.17 bits per heavy atom. The molecule has 2 aromatic carbocycles. The molecule has 0 saturated heterocycles. The van der Waals surface area contributed by atoms with Gasteiger partial charge in [0.15, 0.2) is 0 Å². The van der Waals surface area contributed by atoms with Gasteiger partial charge in [0.25, 0.3) is 0 Å². The van der Waals surface area contributed by atoms with E-state index in [1.165, 1.54) is 26.4 Å². The number of nitro groups is 2. The zero-order valence-electron chi connectivity index (χ0n) is 12.6. The molecule has 0 fully saturated rings. The number of hydrogen-bond donors (Lipinski definition) is 0. The van der Waals surface area contributed by atoms with E-state index in [0.29, 0.717) is 20.4 Å². The van der Waals surface area contributed by atoms with Gasteiger partial charge in [-0.05, 0) is 0 Å². The monoisotopic (exact) mass is 464 g/mol. The average molecular weight is 462 g/mol. The number of nitrogens with zero attached hydrogens (tertiary/aromatic N) is 2. The van der Waals surface area contributed by atoms with Crippen LogP contribution < -0.4 is 18.4 Å². The Bertz CT molecular complexity index is 718. The Labute approximate surface area is 148 Å². The van der Waals surface area contributed by atoms with Gasteiger partial charge >= 0.3 is 148 Å². The second-order valence-corrected chi connectivity index (χ2v) is 10.5. The van der Waals surface area contributed by atoms with E-state index in [1.807, 2.05) is 0 Å². The fraction of sp³-hybridized carbons (Fsp3) is 0.143. The molecule has 0 atom stereocenters. The van der Waals surface area contributed by atoms with Crippen molar-refractivity contribution < 1.29 is 19.3 Å². The minimum absolute atomic E-state index is 0.0209. The molecule has 0 bridgehead atoms. The fourth-order valence-corrected chi connectivity index (χ4v) is 8.61. The van der Waals surface area contributed by atoms with Crippen LogP contribution in [0.5, 0.6) is 11.5 Å². The van der Waals surface area contributed by atoms with E-state index in [9.17, 15) is 20.2 Å². The summed E-state index contributed by atoms with van der Waals surface area (Å²) in [6.45, 7) is 0. The fourth-order valence-electron chi connectivity index (χ4n) is 1.76. The van der Waals surface area contributed by atoms with Gasteiger partial charge in [-0.25, -0.2) is 0 Å². The van der Waals surface area contributed by atoms with E-state index >= 15 is 0 Å². The maximum atomic E-state index is 11.2. The Morgan fingerprint density at radius 1 is 0.792 bits per heavy atom. The van der Waals surface area contributed by atoms with Gasteiger partial charge < -0.3 is 0 Å². The van der Waals surface area contributed by atoms with Crippen LogP contribution in [0.1, 0.15) is 0 Å². The number of hydrogen-bond acceptors (Lipinski definition) is 6. The van der Waals surface area contributed by atoms with Crippen molar-refractivity contribution in [3.63, 3.8) is 0 Å². The first-order chi connectivity index (χ1) is 11.5. The molecule has 0 N–H and O–H groups in total. The minimum atomic E-state index is -0.460. The van der Waals surface area contributed by atoms with Gasteiger partial charge in [0.2, 0.25) is 0 Å². The van der Waals surface area contributed by atoms with Crippen LogP contribution >= 0.6 is 0 Å². The first-order valence-corrected chi connectivity index (χ1v) is 12.5. The van der Waals surface area contributed by atoms with Gasteiger partial charge in [-0.15, -0.1) is 0 Å². The van der Waals surface area contributed by atoms with Gasteiger partial charge in [-0.1, -0.05) is 0 Å². The van der Waals surface area contributed by atoms with Crippen molar-refractivity contribution in [2.24, 2.45) is 0 Å². The standard InChI is InChI=1S/C14H12N2O6Se2/c1-21-9-3-5-13(11(7-9)15(17)18)23-24-14-6-4-10(22-2)8-12(14)16(19)20/h3-8H,1-2H3. The molecule has 0 aliphatic rings. The first-order valence-electron chi connectivity index (χ1n) is 6.45. The molecular weight excluding hydrogens is 450 g/mol. The second kappa shape index (κ2) is 8.12. The number of rotatable bonds is 7. The van der Waals surface area contributed by atoms with Crippen LogP contribution in [0.4, 0.5) is 11.4 Å². The summed E-state index contributed by atoms with van der Waals surface area (Å²) in [5.74, 6) is 0.813. The van der Waals surface area contributed by atoms with Crippen LogP contribution in [0.3, 0.4) is 0 Å². The molecule has 0 heterocycles. The van der Waals surface area contributed by atoms with Crippen molar-refractivity contribution in [3.05, 3.63) is 56.6 Å². The molecule has 0 unspecified atom stereocenters. The maximum absolute atomic E-state index is 11.2. The van der Waals surface area contributed by atoms with Crippen molar-refractivity contribution in [3.8, 4) is 11.5 Å². The third kappa shape index (κ3) is 4.24. The number of benzene rings is 2. The van der Waals surface area contributed by atoms with E-state index in [1.54, 1.807) is 24.3 Å². The normalized spacial score (nSPS) is 10.2. The van der Waals surface area contributed by atoms with Gasteiger partial charge in [0.1, 0.15) is 0 Å². The third-order valence-corrected chi connectivity index (χ3v) is 10.1. The molecule has 0 radical (unpaired) electrons. The Hall–Kier alpha value is -2.12. The summed E-state index contributed by atoms with van der Waals surface area (Å²) < 4.78 is 11.2. The molecule has 2 rings (SSSR count). The third-order valence-electron chi connectivity index (χ3n) is 2.95. The topological polar surface area (TPSA) is 105 Å². The van der Waals surface area contributed by atoms with E-state index in [2.05, 4.69) is 0 Å². The molecule has 0 saturated carbocycles.